The van der Waals surface area contributed by atoms with Crippen LogP contribution < -0.4 is 0 Å². The first-order valence-corrected chi connectivity index (χ1v) is 4.04. The second-order valence-corrected chi connectivity index (χ2v) is 3.80. The minimum Gasteiger partial charge on any atom is -0.282 e. The summed E-state index contributed by atoms with van der Waals surface area (Å²) in [7, 11) is -4.19. The Kier molecular flexibility index (Phi) is 2.95. The zero-order valence-corrected chi connectivity index (χ0v) is 6.76. The van der Waals surface area contributed by atoms with Crippen molar-refractivity contribution < 1.29 is 13.0 Å². The van der Waals surface area contributed by atoms with Crippen LogP contribution in [0.2, 0.25) is 0 Å². The lowest BCUT2D eigenvalue weighted by Crippen LogP contribution is -1.97. The minimum absolute atomic E-state index is 0.439. The molecule has 0 aromatic carbocycles. The van der Waals surface area contributed by atoms with Gasteiger partial charge in [-0.25, -0.2) is 0 Å². The summed E-state index contributed by atoms with van der Waals surface area (Å²) in [5.41, 5.74) is 0. The zero-order chi connectivity index (χ0) is 7.65. The Labute approximate surface area is 63.0 Å². The smallest absolute Gasteiger partial charge is 0.282 e. The Hall–Kier alpha value is 0.230. The van der Waals surface area contributed by atoms with Crippen LogP contribution in [-0.4, -0.2) is 13.0 Å². The summed E-state index contributed by atoms with van der Waals surface area (Å²) in [6.07, 6.45) is 0. The van der Waals surface area contributed by atoms with Gasteiger partial charge in [0.2, 0.25) is 0 Å². The first-order valence-electron chi connectivity index (χ1n) is 1.85. The van der Waals surface area contributed by atoms with Gasteiger partial charge in [-0.2, -0.15) is 8.42 Å². The van der Waals surface area contributed by atoms with E-state index >= 15 is 0 Å². The quantitative estimate of drug-likeness (QED) is 0.639. The number of halogens is 2. The van der Waals surface area contributed by atoms with E-state index in [4.69, 9.17) is 27.8 Å². The van der Waals surface area contributed by atoms with Gasteiger partial charge in [0.05, 0.1) is 4.91 Å². The summed E-state index contributed by atoms with van der Waals surface area (Å²) in [5.74, 6) is 0. The second-order valence-electron chi connectivity index (χ2n) is 1.29. The summed E-state index contributed by atoms with van der Waals surface area (Å²) in [4.78, 5) is -0.439. The number of hydrogen-bond donors (Lipinski definition) is 1. The van der Waals surface area contributed by atoms with Crippen LogP contribution in [0.15, 0.2) is 9.40 Å². The van der Waals surface area contributed by atoms with Crippen molar-refractivity contribution in [2.45, 2.75) is 6.92 Å². The zero-order valence-electron chi connectivity index (χ0n) is 4.43. The van der Waals surface area contributed by atoms with Crippen LogP contribution in [0.25, 0.3) is 0 Å². The molecule has 0 aliphatic carbocycles. The molecule has 0 fully saturated rings. The highest BCUT2D eigenvalue weighted by Gasteiger charge is 2.10. The molecule has 0 bridgehead atoms. The Bertz CT molecular complexity index is 223. The lowest BCUT2D eigenvalue weighted by Gasteiger charge is -1.92. The van der Waals surface area contributed by atoms with Crippen molar-refractivity contribution in [3.8, 4) is 0 Å². The highest BCUT2D eigenvalue weighted by molar-refractivity contribution is 7.89. The predicted octanol–water partition coefficient (Wildman–Crippen LogP) is 1.54. The normalized spacial score (nSPS) is 11.1. The Morgan fingerprint density at radius 1 is 1.44 bits per heavy atom. The third kappa shape index (κ3) is 3.05. The van der Waals surface area contributed by atoms with Gasteiger partial charge in [0.25, 0.3) is 10.1 Å². The van der Waals surface area contributed by atoms with Crippen molar-refractivity contribution in [2.24, 2.45) is 0 Å². The summed E-state index contributed by atoms with van der Waals surface area (Å²) in [5, 5.41) is 0. The highest BCUT2D eigenvalue weighted by Crippen LogP contribution is 2.17. The Morgan fingerprint density at radius 2 is 1.78 bits per heavy atom. The van der Waals surface area contributed by atoms with Gasteiger partial charge in [-0.05, 0) is 6.92 Å². The van der Waals surface area contributed by atoms with Crippen molar-refractivity contribution in [3.05, 3.63) is 9.40 Å². The SMILES string of the molecule is CC(=C(Cl)Cl)S(=O)(=O)O. The van der Waals surface area contributed by atoms with E-state index in [-0.39, 0.29) is 0 Å². The first-order chi connectivity index (χ1) is 3.85. The molecular weight excluding hydrogens is 187 g/mol. The summed E-state index contributed by atoms with van der Waals surface area (Å²) in [6, 6.07) is 0. The molecule has 0 amide bonds. The molecule has 0 aromatic rings. The highest BCUT2D eigenvalue weighted by atomic mass is 35.5. The van der Waals surface area contributed by atoms with Crippen LogP contribution in [-0.2, 0) is 10.1 Å². The Balaban J connectivity index is 4.86. The van der Waals surface area contributed by atoms with Crippen LogP contribution in [0.3, 0.4) is 0 Å². The molecule has 0 aromatic heterocycles. The van der Waals surface area contributed by atoms with Gasteiger partial charge >= 0.3 is 0 Å². The monoisotopic (exact) mass is 190 g/mol. The van der Waals surface area contributed by atoms with Crippen LogP contribution in [0.5, 0.6) is 0 Å². The number of allylic oxidation sites excluding steroid dienone is 1. The lowest BCUT2D eigenvalue weighted by molar-refractivity contribution is 0.491. The predicted molar refractivity (Wildman–Crippen MR) is 36.0 cm³/mol. The molecule has 0 spiro atoms. The molecule has 0 rings (SSSR count). The van der Waals surface area contributed by atoms with Gasteiger partial charge in [-0.1, -0.05) is 23.2 Å². The van der Waals surface area contributed by atoms with E-state index in [0.717, 1.165) is 6.92 Å². The molecule has 9 heavy (non-hydrogen) atoms. The molecule has 0 atom stereocenters. The molecule has 0 radical (unpaired) electrons. The van der Waals surface area contributed by atoms with Crippen LogP contribution in [0.4, 0.5) is 0 Å². The average molecular weight is 191 g/mol. The summed E-state index contributed by atoms with van der Waals surface area (Å²) >= 11 is 10.0. The lowest BCUT2D eigenvalue weighted by atomic mass is 10.7. The molecule has 6 heteroatoms. The molecule has 0 unspecified atom stereocenters. The fourth-order valence-corrected chi connectivity index (χ4v) is 0.877. The first kappa shape index (κ1) is 9.23. The van der Waals surface area contributed by atoms with E-state index in [1.165, 1.54) is 0 Å². The Morgan fingerprint density at radius 3 is 1.78 bits per heavy atom. The topological polar surface area (TPSA) is 54.4 Å². The maximum Gasteiger partial charge on any atom is 0.292 e. The van der Waals surface area contributed by atoms with Crippen LogP contribution in [0.1, 0.15) is 6.92 Å². The van der Waals surface area contributed by atoms with E-state index in [9.17, 15) is 8.42 Å². The van der Waals surface area contributed by atoms with Gasteiger partial charge in [0, 0.05) is 0 Å². The van der Waals surface area contributed by atoms with Crippen molar-refractivity contribution >= 4 is 33.3 Å². The third-order valence-corrected chi connectivity index (χ3v) is 2.42. The molecule has 0 saturated carbocycles. The van der Waals surface area contributed by atoms with Gasteiger partial charge in [0.1, 0.15) is 4.49 Å². The summed E-state index contributed by atoms with van der Waals surface area (Å²) in [6.45, 7) is 1.10. The van der Waals surface area contributed by atoms with Crippen molar-refractivity contribution in [3.63, 3.8) is 0 Å². The average Bonchev–Trinajstić information content (AvgIpc) is 1.62. The van der Waals surface area contributed by atoms with Crippen molar-refractivity contribution in [2.75, 3.05) is 0 Å². The fourth-order valence-electron chi connectivity index (χ4n) is 0.0975. The van der Waals surface area contributed by atoms with E-state index in [2.05, 4.69) is 0 Å². The van der Waals surface area contributed by atoms with Crippen molar-refractivity contribution in [1.82, 2.24) is 0 Å². The molecule has 3 nitrogen and oxygen atoms in total. The van der Waals surface area contributed by atoms with Gasteiger partial charge in [-0.15, -0.1) is 0 Å². The van der Waals surface area contributed by atoms with E-state index in [1.807, 2.05) is 0 Å². The molecule has 0 heterocycles. The number of hydrogen-bond acceptors (Lipinski definition) is 2. The van der Waals surface area contributed by atoms with E-state index in [0.29, 0.717) is 0 Å². The largest absolute Gasteiger partial charge is 0.292 e. The van der Waals surface area contributed by atoms with Crippen molar-refractivity contribution in [1.29, 1.82) is 0 Å². The van der Waals surface area contributed by atoms with Crippen LogP contribution in [0, 0.1) is 0 Å². The maximum absolute atomic E-state index is 10.1. The molecular formula is C3H4Cl2O3S. The maximum atomic E-state index is 10.1. The van der Waals surface area contributed by atoms with Gasteiger partial charge in [-0.3, -0.25) is 4.55 Å². The molecule has 0 saturated heterocycles. The standard InChI is InChI=1S/C3H4Cl2O3S/c1-2(3(4)5)9(6,7)8/h1H3,(H,6,7,8). The second kappa shape index (κ2) is 2.88. The summed E-state index contributed by atoms with van der Waals surface area (Å²) < 4.78 is 28.0. The fraction of sp³-hybridized carbons (Fsp3) is 0.333. The molecule has 0 aliphatic rings. The van der Waals surface area contributed by atoms with Crippen LogP contribution >= 0.6 is 23.2 Å². The minimum atomic E-state index is -4.19. The van der Waals surface area contributed by atoms with Gasteiger partial charge < -0.3 is 0 Å². The van der Waals surface area contributed by atoms with E-state index < -0.39 is 19.5 Å². The molecule has 54 valence electrons. The van der Waals surface area contributed by atoms with E-state index in [1.54, 1.807) is 0 Å². The van der Waals surface area contributed by atoms with Gasteiger partial charge in [0.15, 0.2) is 0 Å². The molecule has 1 N–H and O–H groups in total. The third-order valence-electron chi connectivity index (χ3n) is 0.653. The number of rotatable bonds is 1. The molecule has 0 aliphatic heterocycles.